The molecule has 0 saturated carbocycles. The van der Waals surface area contributed by atoms with Gasteiger partial charge in [0.05, 0.1) is 5.33 Å². The van der Waals surface area contributed by atoms with Gasteiger partial charge < -0.3 is 0 Å². The van der Waals surface area contributed by atoms with Crippen LogP contribution < -0.4 is 0 Å². The molecule has 0 bridgehead atoms. The fraction of sp³-hybridized carbons (Fsp3) is 1.00. The summed E-state index contributed by atoms with van der Waals surface area (Å²) in [6.45, 7) is 0. The van der Waals surface area contributed by atoms with E-state index in [1.54, 1.807) is 0 Å². The highest BCUT2D eigenvalue weighted by Gasteiger charge is 2.34. The third-order valence-electron chi connectivity index (χ3n) is 0.576. The molecule has 0 amide bonds. The van der Waals surface area contributed by atoms with Crippen LogP contribution in [-0.4, -0.2) is 20.0 Å². The van der Waals surface area contributed by atoms with E-state index in [1.165, 1.54) is 0 Å². The lowest BCUT2D eigenvalue weighted by Crippen LogP contribution is -2.37. The third kappa shape index (κ3) is 1.19. The molecule has 1 fully saturated rings. The van der Waals surface area contributed by atoms with Crippen molar-refractivity contribution in [2.75, 3.05) is 5.33 Å². The monoisotopic (exact) mass is 202 g/mol. The maximum Gasteiger partial charge on any atom is 0.405 e. The van der Waals surface area contributed by atoms with Crippen LogP contribution in [0.5, 0.6) is 0 Å². The molecule has 0 unspecified atom stereocenters. The Morgan fingerprint density at radius 2 is 2.00 bits per heavy atom. The van der Waals surface area contributed by atoms with Crippen molar-refractivity contribution in [2.45, 2.75) is 6.29 Å². The standard InChI is InChI=1S/C2H3BrO4S/c3-1-2-6-8(4,5)7-2/h2H,1H2. The van der Waals surface area contributed by atoms with E-state index < -0.39 is 16.7 Å². The molecular formula is C2H3BrO4S. The molecule has 0 aromatic heterocycles. The predicted molar refractivity (Wildman–Crippen MR) is 28.7 cm³/mol. The van der Waals surface area contributed by atoms with E-state index in [9.17, 15) is 8.42 Å². The highest BCUT2D eigenvalue weighted by atomic mass is 79.9. The van der Waals surface area contributed by atoms with Gasteiger partial charge in [0.25, 0.3) is 0 Å². The average molecular weight is 203 g/mol. The molecule has 0 spiro atoms. The summed E-state index contributed by atoms with van der Waals surface area (Å²) in [7, 11) is -3.57. The Labute approximate surface area is 55.2 Å². The predicted octanol–water partition coefficient (Wildman–Crippen LogP) is -0.00100. The van der Waals surface area contributed by atoms with Gasteiger partial charge in [0.2, 0.25) is 6.29 Å². The molecule has 8 heavy (non-hydrogen) atoms. The lowest BCUT2D eigenvalue weighted by molar-refractivity contribution is -0.0597. The van der Waals surface area contributed by atoms with Crippen molar-refractivity contribution in [3.8, 4) is 0 Å². The summed E-state index contributed by atoms with van der Waals surface area (Å²) < 4.78 is 28.3. The molecule has 1 aliphatic heterocycles. The summed E-state index contributed by atoms with van der Waals surface area (Å²) in [6.07, 6.45) is -0.611. The fourth-order valence-electron chi connectivity index (χ4n) is 0.322. The van der Waals surface area contributed by atoms with Gasteiger partial charge in [-0.05, 0) is 0 Å². The van der Waals surface area contributed by atoms with Gasteiger partial charge in [-0.3, -0.25) is 0 Å². The topological polar surface area (TPSA) is 52.6 Å². The summed E-state index contributed by atoms with van der Waals surface area (Å²) in [5.74, 6) is 0. The van der Waals surface area contributed by atoms with Crippen LogP contribution >= 0.6 is 15.9 Å². The largest absolute Gasteiger partial charge is 0.405 e. The van der Waals surface area contributed by atoms with E-state index >= 15 is 0 Å². The number of rotatable bonds is 1. The zero-order valence-electron chi connectivity index (χ0n) is 3.70. The van der Waals surface area contributed by atoms with E-state index in [0.717, 1.165) is 0 Å². The van der Waals surface area contributed by atoms with Gasteiger partial charge in [-0.1, -0.05) is 15.9 Å². The van der Waals surface area contributed by atoms with Gasteiger partial charge in [0.1, 0.15) is 0 Å². The number of halogens is 1. The van der Waals surface area contributed by atoms with E-state index in [-0.39, 0.29) is 0 Å². The van der Waals surface area contributed by atoms with Crippen LogP contribution in [0.1, 0.15) is 0 Å². The quantitative estimate of drug-likeness (QED) is 0.562. The Balaban J connectivity index is 2.43. The van der Waals surface area contributed by atoms with Gasteiger partial charge in [0, 0.05) is 0 Å². The van der Waals surface area contributed by atoms with Gasteiger partial charge in [-0.25, -0.2) is 8.37 Å². The van der Waals surface area contributed by atoms with Crippen LogP contribution in [0.2, 0.25) is 0 Å². The number of alkyl halides is 1. The van der Waals surface area contributed by atoms with Gasteiger partial charge >= 0.3 is 10.4 Å². The Kier molecular flexibility index (Phi) is 1.57. The van der Waals surface area contributed by atoms with Crippen LogP contribution in [0.4, 0.5) is 0 Å². The molecule has 4 nitrogen and oxygen atoms in total. The average Bonchev–Trinajstić information content (AvgIpc) is 1.60. The Bertz CT molecular complexity index is 160. The maximum absolute atomic E-state index is 9.99. The van der Waals surface area contributed by atoms with Crippen LogP contribution in [0.25, 0.3) is 0 Å². The van der Waals surface area contributed by atoms with Crippen LogP contribution in [0, 0.1) is 0 Å². The molecule has 6 heteroatoms. The molecule has 48 valence electrons. The van der Waals surface area contributed by atoms with Crippen molar-refractivity contribution in [3.63, 3.8) is 0 Å². The molecule has 0 N–H and O–H groups in total. The first-order valence-corrected chi connectivity index (χ1v) is 4.27. The van der Waals surface area contributed by atoms with E-state index in [2.05, 4.69) is 24.3 Å². The molecule has 1 aliphatic rings. The third-order valence-corrected chi connectivity index (χ3v) is 2.01. The normalized spacial score (nSPS) is 27.1. The highest BCUT2D eigenvalue weighted by molar-refractivity contribution is 9.09. The Morgan fingerprint density at radius 1 is 1.50 bits per heavy atom. The summed E-state index contributed by atoms with van der Waals surface area (Å²) in [5, 5.41) is 0.381. The minimum atomic E-state index is -3.57. The molecule has 1 heterocycles. The summed E-state index contributed by atoms with van der Waals surface area (Å²) in [4.78, 5) is 0. The second kappa shape index (κ2) is 1.94. The molecule has 0 aliphatic carbocycles. The SMILES string of the molecule is O=S1(=O)OC(CBr)O1. The van der Waals surface area contributed by atoms with Crippen LogP contribution in [0.15, 0.2) is 0 Å². The molecule has 0 radical (unpaired) electrons. The minimum absolute atomic E-state index is 0.381. The zero-order valence-corrected chi connectivity index (χ0v) is 6.11. The smallest absolute Gasteiger partial charge is 0.214 e. The van der Waals surface area contributed by atoms with Crippen molar-refractivity contribution in [2.24, 2.45) is 0 Å². The molecular weight excluding hydrogens is 200 g/mol. The first kappa shape index (κ1) is 6.47. The first-order valence-electron chi connectivity index (χ1n) is 1.81. The second-order valence-electron chi connectivity index (χ2n) is 1.18. The van der Waals surface area contributed by atoms with Gasteiger partial charge in [0.15, 0.2) is 0 Å². The van der Waals surface area contributed by atoms with Crippen molar-refractivity contribution < 1.29 is 16.8 Å². The second-order valence-corrected chi connectivity index (χ2v) is 3.03. The highest BCUT2D eigenvalue weighted by Crippen LogP contribution is 2.18. The zero-order chi connectivity index (χ0) is 6.20. The summed E-state index contributed by atoms with van der Waals surface area (Å²) >= 11 is 2.96. The molecule has 0 aromatic rings. The number of hydrogen-bond donors (Lipinski definition) is 0. The van der Waals surface area contributed by atoms with Crippen molar-refractivity contribution in [3.05, 3.63) is 0 Å². The van der Waals surface area contributed by atoms with Crippen molar-refractivity contribution in [1.29, 1.82) is 0 Å². The molecule has 0 atom stereocenters. The fourth-order valence-corrected chi connectivity index (χ4v) is 1.61. The van der Waals surface area contributed by atoms with Crippen LogP contribution in [-0.2, 0) is 18.8 Å². The van der Waals surface area contributed by atoms with E-state index in [0.29, 0.717) is 5.33 Å². The van der Waals surface area contributed by atoms with E-state index in [1.807, 2.05) is 0 Å². The van der Waals surface area contributed by atoms with Crippen molar-refractivity contribution >= 4 is 26.3 Å². The van der Waals surface area contributed by atoms with Crippen LogP contribution in [0.3, 0.4) is 0 Å². The van der Waals surface area contributed by atoms with Crippen molar-refractivity contribution in [1.82, 2.24) is 0 Å². The van der Waals surface area contributed by atoms with E-state index in [4.69, 9.17) is 0 Å². The lowest BCUT2D eigenvalue weighted by atomic mass is 10.8. The number of hydrogen-bond acceptors (Lipinski definition) is 4. The Morgan fingerprint density at radius 3 is 2.12 bits per heavy atom. The minimum Gasteiger partial charge on any atom is -0.214 e. The lowest BCUT2D eigenvalue weighted by Gasteiger charge is -2.22. The van der Waals surface area contributed by atoms with Gasteiger partial charge in [-0.15, -0.1) is 0 Å². The van der Waals surface area contributed by atoms with Gasteiger partial charge in [-0.2, -0.15) is 8.42 Å². The summed E-state index contributed by atoms with van der Waals surface area (Å²) in [5.41, 5.74) is 0. The molecule has 1 rings (SSSR count). The molecule has 0 aromatic carbocycles. The maximum atomic E-state index is 9.99. The first-order chi connectivity index (χ1) is 3.64. The molecule has 1 saturated heterocycles. The Hall–Kier alpha value is 0.350. The summed E-state index contributed by atoms with van der Waals surface area (Å²) in [6, 6.07) is 0.